The van der Waals surface area contributed by atoms with E-state index in [-0.39, 0.29) is 23.8 Å². The van der Waals surface area contributed by atoms with E-state index >= 15 is 0 Å². The summed E-state index contributed by atoms with van der Waals surface area (Å²) in [5, 5.41) is 20.6. The monoisotopic (exact) mass is 249 g/mol. The quantitative estimate of drug-likeness (QED) is 0.594. The second kappa shape index (κ2) is 8.84. The zero-order valence-corrected chi connectivity index (χ0v) is 11.1. The van der Waals surface area contributed by atoms with Crippen molar-refractivity contribution in [1.29, 1.82) is 0 Å². The summed E-state index contributed by atoms with van der Waals surface area (Å²) >= 11 is 1.36. The molecule has 0 heterocycles. The fraction of sp³-hybridized carbons (Fsp3) is 0.909. The van der Waals surface area contributed by atoms with Crippen molar-refractivity contribution in [3.05, 3.63) is 0 Å². The van der Waals surface area contributed by atoms with Crippen LogP contribution in [0, 0.1) is 0 Å². The van der Waals surface area contributed by atoms with Gasteiger partial charge in [0.2, 0.25) is 5.91 Å². The van der Waals surface area contributed by atoms with E-state index in [4.69, 9.17) is 10.2 Å². The molecule has 5 heteroatoms. The van der Waals surface area contributed by atoms with E-state index in [1.165, 1.54) is 11.8 Å². The Morgan fingerprint density at radius 2 is 1.94 bits per heavy atom. The first-order valence-electron chi connectivity index (χ1n) is 5.75. The van der Waals surface area contributed by atoms with Gasteiger partial charge in [-0.05, 0) is 19.8 Å². The molecule has 16 heavy (non-hydrogen) atoms. The van der Waals surface area contributed by atoms with E-state index in [0.29, 0.717) is 5.75 Å². The summed E-state index contributed by atoms with van der Waals surface area (Å²) < 4.78 is 0. The lowest BCUT2D eigenvalue weighted by atomic mass is 10.2. The summed E-state index contributed by atoms with van der Waals surface area (Å²) in [5.74, 6) is 0.386. The molecule has 0 saturated heterocycles. The summed E-state index contributed by atoms with van der Waals surface area (Å²) in [6, 6.07) is 0.235. The number of hydrogen-bond acceptors (Lipinski definition) is 4. The number of carbonyl (C=O) groups is 1. The fourth-order valence-electron chi connectivity index (χ4n) is 1.20. The summed E-state index contributed by atoms with van der Waals surface area (Å²) in [7, 11) is 0. The third-order valence-corrected chi connectivity index (χ3v) is 3.74. The third-order valence-electron chi connectivity index (χ3n) is 2.45. The van der Waals surface area contributed by atoms with Gasteiger partial charge < -0.3 is 15.5 Å². The number of rotatable bonds is 8. The van der Waals surface area contributed by atoms with Crippen molar-refractivity contribution >= 4 is 17.7 Å². The van der Waals surface area contributed by atoms with Crippen LogP contribution in [-0.2, 0) is 4.79 Å². The van der Waals surface area contributed by atoms with Crippen LogP contribution in [-0.4, -0.2) is 45.9 Å². The average Bonchev–Trinajstić information content (AvgIpc) is 2.31. The Hall–Kier alpha value is -0.260. The van der Waals surface area contributed by atoms with Crippen LogP contribution in [0.25, 0.3) is 0 Å². The van der Waals surface area contributed by atoms with Crippen LogP contribution in [0.2, 0.25) is 0 Å². The van der Waals surface area contributed by atoms with Gasteiger partial charge in [0.1, 0.15) is 0 Å². The first-order valence-corrected chi connectivity index (χ1v) is 6.80. The molecule has 0 bridgehead atoms. The van der Waals surface area contributed by atoms with Gasteiger partial charge in [-0.1, -0.05) is 13.8 Å². The van der Waals surface area contributed by atoms with Gasteiger partial charge in [0.05, 0.1) is 18.0 Å². The minimum atomic E-state index is -0.742. The highest BCUT2D eigenvalue weighted by Gasteiger charge is 2.17. The minimum absolute atomic E-state index is 0.00356. The molecule has 0 aliphatic rings. The summed E-state index contributed by atoms with van der Waals surface area (Å²) in [6.45, 7) is 5.64. The Kier molecular flexibility index (Phi) is 8.70. The molecule has 0 spiro atoms. The predicted molar refractivity (Wildman–Crippen MR) is 67.5 cm³/mol. The Labute approximate surface area is 102 Å². The van der Waals surface area contributed by atoms with E-state index in [1.54, 1.807) is 0 Å². The Bertz CT molecular complexity index is 198. The minimum Gasteiger partial charge on any atom is -0.394 e. The predicted octanol–water partition coefficient (Wildman–Crippen LogP) is 0.766. The molecule has 4 nitrogen and oxygen atoms in total. The lowest BCUT2D eigenvalue weighted by molar-refractivity contribution is -0.121. The Balaban J connectivity index is 3.89. The topological polar surface area (TPSA) is 69.6 Å². The average molecular weight is 249 g/mol. The smallest absolute Gasteiger partial charge is 0.233 e. The Morgan fingerprint density at radius 1 is 1.38 bits per heavy atom. The number of aliphatic hydroxyl groups is 2. The molecule has 0 aliphatic carbocycles. The van der Waals surface area contributed by atoms with Crippen LogP contribution in [0.4, 0.5) is 0 Å². The van der Waals surface area contributed by atoms with Crippen molar-refractivity contribution in [3.63, 3.8) is 0 Å². The van der Waals surface area contributed by atoms with Gasteiger partial charge in [-0.2, -0.15) is 0 Å². The van der Waals surface area contributed by atoms with Crippen LogP contribution < -0.4 is 5.32 Å². The maximum atomic E-state index is 11.7. The molecule has 96 valence electrons. The molecule has 3 N–H and O–H groups in total. The lowest BCUT2D eigenvalue weighted by Gasteiger charge is -2.18. The summed E-state index contributed by atoms with van der Waals surface area (Å²) in [4.78, 5) is 11.7. The second-order valence-corrected chi connectivity index (χ2v) is 5.21. The van der Waals surface area contributed by atoms with E-state index in [9.17, 15) is 4.79 Å². The van der Waals surface area contributed by atoms with Crippen molar-refractivity contribution in [2.45, 2.75) is 51.0 Å². The highest BCUT2D eigenvalue weighted by atomic mass is 32.2. The molecule has 0 aromatic heterocycles. The number of hydrogen-bond donors (Lipinski definition) is 3. The number of thioether (sulfide) groups is 1. The third kappa shape index (κ3) is 6.35. The standard InChI is InChI=1S/C11H23NO3S/c1-4-9(5-2)12-11(15)8(3)16-7-10(14)6-13/h8-10,13-14H,4-7H2,1-3H3,(H,12,15). The number of amides is 1. The van der Waals surface area contributed by atoms with Crippen molar-refractivity contribution in [2.75, 3.05) is 12.4 Å². The van der Waals surface area contributed by atoms with Crippen molar-refractivity contribution < 1.29 is 15.0 Å². The van der Waals surface area contributed by atoms with Crippen LogP contribution in [0.3, 0.4) is 0 Å². The van der Waals surface area contributed by atoms with Gasteiger partial charge in [-0.3, -0.25) is 4.79 Å². The molecule has 0 aromatic rings. The molecule has 0 aromatic carbocycles. The SMILES string of the molecule is CCC(CC)NC(=O)C(C)SCC(O)CO. The van der Waals surface area contributed by atoms with E-state index in [2.05, 4.69) is 5.32 Å². The molecule has 0 aliphatic heterocycles. The summed E-state index contributed by atoms with van der Waals surface area (Å²) in [6.07, 6.45) is 1.12. The normalized spacial score (nSPS) is 14.9. The van der Waals surface area contributed by atoms with Gasteiger partial charge in [0, 0.05) is 11.8 Å². The first kappa shape index (κ1) is 15.7. The van der Waals surface area contributed by atoms with Crippen molar-refractivity contribution in [2.24, 2.45) is 0 Å². The zero-order valence-electron chi connectivity index (χ0n) is 10.3. The fourth-order valence-corrected chi connectivity index (χ4v) is 2.03. The molecule has 0 fully saturated rings. The molecule has 0 rings (SSSR count). The van der Waals surface area contributed by atoms with Gasteiger partial charge >= 0.3 is 0 Å². The van der Waals surface area contributed by atoms with Gasteiger partial charge in [-0.15, -0.1) is 11.8 Å². The number of aliphatic hydroxyl groups excluding tert-OH is 2. The highest BCUT2D eigenvalue weighted by molar-refractivity contribution is 8.00. The van der Waals surface area contributed by atoms with Gasteiger partial charge in [0.25, 0.3) is 0 Å². The number of carbonyl (C=O) groups excluding carboxylic acids is 1. The molecule has 1 amide bonds. The highest BCUT2D eigenvalue weighted by Crippen LogP contribution is 2.12. The van der Waals surface area contributed by atoms with Crippen LogP contribution in [0.5, 0.6) is 0 Å². The summed E-state index contributed by atoms with van der Waals surface area (Å²) in [5.41, 5.74) is 0. The second-order valence-electron chi connectivity index (χ2n) is 3.83. The van der Waals surface area contributed by atoms with Crippen LogP contribution >= 0.6 is 11.8 Å². The van der Waals surface area contributed by atoms with E-state index in [1.807, 2.05) is 20.8 Å². The molecular formula is C11H23NO3S. The molecule has 2 atom stereocenters. The van der Waals surface area contributed by atoms with Crippen LogP contribution in [0.15, 0.2) is 0 Å². The van der Waals surface area contributed by atoms with E-state index in [0.717, 1.165) is 12.8 Å². The maximum absolute atomic E-state index is 11.7. The first-order chi connectivity index (χ1) is 7.54. The molecule has 0 saturated carbocycles. The molecule has 2 unspecified atom stereocenters. The zero-order chi connectivity index (χ0) is 12.6. The van der Waals surface area contributed by atoms with Gasteiger partial charge in [-0.25, -0.2) is 0 Å². The van der Waals surface area contributed by atoms with Crippen molar-refractivity contribution in [1.82, 2.24) is 5.32 Å². The Morgan fingerprint density at radius 3 is 2.38 bits per heavy atom. The lowest BCUT2D eigenvalue weighted by Crippen LogP contribution is -2.39. The largest absolute Gasteiger partial charge is 0.394 e. The van der Waals surface area contributed by atoms with Crippen LogP contribution in [0.1, 0.15) is 33.6 Å². The maximum Gasteiger partial charge on any atom is 0.233 e. The number of nitrogens with one attached hydrogen (secondary N) is 1. The molecular weight excluding hydrogens is 226 g/mol. The van der Waals surface area contributed by atoms with E-state index < -0.39 is 6.10 Å². The van der Waals surface area contributed by atoms with Crippen molar-refractivity contribution in [3.8, 4) is 0 Å². The molecule has 0 radical (unpaired) electrons. The van der Waals surface area contributed by atoms with Gasteiger partial charge in [0.15, 0.2) is 0 Å².